The molecule has 4 rings (SSSR count). The molecule has 0 saturated carbocycles. The Bertz CT molecular complexity index is 1160. The first-order chi connectivity index (χ1) is 13.0. The number of nitro benzene ring substituents is 1. The first-order valence-electron chi connectivity index (χ1n) is 8.28. The summed E-state index contributed by atoms with van der Waals surface area (Å²) in [6.45, 7) is 1.65. The summed E-state index contributed by atoms with van der Waals surface area (Å²) in [5.74, 6) is -0.517. The van der Waals surface area contributed by atoms with Crippen molar-refractivity contribution in [1.82, 2.24) is 0 Å². The molecule has 0 spiro atoms. The molecule has 27 heavy (non-hydrogen) atoms. The SMILES string of the molecule is Cc1ccc(C2=NC(=Cc3ccc4ccccc4c3)C(=O)O2)cc1[N+](=O)[O-]. The smallest absolute Gasteiger partial charge is 0.363 e. The molecule has 132 valence electrons. The van der Waals surface area contributed by atoms with Crippen LogP contribution in [-0.4, -0.2) is 16.8 Å². The third kappa shape index (κ3) is 3.20. The third-order valence-electron chi connectivity index (χ3n) is 4.35. The van der Waals surface area contributed by atoms with Gasteiger partial charge in [0.1, 0.15) is 0 Å². The van der Waals surface area contributed by atoms with Gasteiger partial charge in [-0.2, -0.15) is 0 Å². The summed E-state index contributed by atoms with van der Waals surface area (Å²) in [4.78, 5) is 27.0. The van der Waals surface area contributed by atoms with Gasteiger partial charge in [-0.15, -0.1) is 0 Å². The highest BCUT2D eigenvalue weighted by Gasteiger charge is 2.25. The van der Waals surface area contributed by atoms with E-state index in [1.807, 2.05) is 42.5 Å². The molecule has 0 fully saturated rings. The summed E-state index contributed by atoms with van der Waals surface area (Å²) in [5, 5.41) is 13.3. The van der Waals surface area contributed by atoms with E-state index >= 15 is 0 Å². The average molecular weight is 358 g/mol. The summed E-state index contributed by atoms with van der Waals surface area (Å²) >= 11 is 0. The van der Waals surface area contributed by atoms with Crippen LogP contribution in [0, 0.1) is 17.0 Å². The number of rotatable bonds is 3. The second kappa shape index (κ2) is 6.49. The molecule has 3 aromatic carbocycles. The molecule has 0 aliphatic carbocycles. The zero-order valence-corrected chi connectivity index (χ0v) is 14.4. The Balaban J connectivity index is 1.71. The van der Waals surface area contributed by atoms with Crippen molar-refractivity contribution in [3.63, 3.8) is 0 Å². The maximum absolute atomic E-state index is 12.2. The number of hydrogen-bond donors (Lipinski definition) is 0. The molecule has 0 unspecified atom stereocenters. The minimum Gasteiger partial charge on any atom is -0.402 e. The van der Waals surface area contributed by atoms with Crippen LogP contribution >= 0.6 is 0 Å². The van der Waals surface area contributed by atoms with Crippen molar-refractivity contribution in [2.45, 2.75) is 6.92 Å². The van der Waals surface area contributed by atoms with Crippen molar-refractivity contribution in [1.29, 1.82) is 0 Å². The standard InChI is InChI=1S/C21H14N2O4/c1-13-6-8-17(12-19(13)23(25)26)20-22-18(21(24)27-20)11-14-7-9-15-4-2-3-5-16(15)10-14/h2-12H,1H3. The van der Waals surface area contributed by atoms with Crippen molar-refractivity contribution < 1.29 is 14.5 Å². The van der Waals surface area contributed by atoms with E-state index in [4.69, 9.17) is 4.74 Å². The normalized spacial score (nSPS) is 15.1. The molecular formula is C21H14N2O4. The van der Waals surface area contributed by atoms with Gasteiger partial charge in [0.05, 0.1) is 4.92 Å². The Morgan fingerprint density at radius 2 is 1.81 bits per heavy atom. The monoisotopic (exact) mass is 358 g/mol. The summed E-state index contributed by atoms with van der Waals surface area (Å²) in [5.41, 5.74) is 1.85. The summed E-state index contributed by atoms with van der Waals surface area (Å²) in [6.07, 6.45) is 1.64. The highest BCUT2D eigenvalue weighted by atomic mass is 16.6. The van der Waals surface area contributed by atoms with Crippen molar-refractivity contribution in [3.8, 4) is 0 Å². The van der Waals surface area contributed by atoms with Gasteiger partial charge in [0, 0.05) is 17.2 Å². The number of nitro groups is 1. The van der Waals surface area contributed by atoms with Gasteiger partial charge in [0.2, 0.25) is 5.90 Å². The fraction of sp³-hybridized carbons (Fsp3) is 0.0476. The number of hydrogen-bond acceptors (Lipinski definition) is 5. The maximum atomic E-state index is 12.2. The second-order valence-corrected chi connectivity index (χ2v) is 6.20. The Labute approximate surface area is 154 Å². The molecule has 1 aliphatic heterocycles. The molecule has 1 heterocycles. The molecule has 3 aromatic rings. The van der Waals surface area contributed by atoms with Crippen LogP contribution in [0.15, 0.2) is 71.4 Å². The highest BCUT2D eigenvalue weighted by Crippen LogP contribution is 2.25. The van der Waals surface area contributed by atoms with Crippen LogP contribution in [0.25, 0.3) is 16.8 Å². The Morgan fingerprint density at radius 1 is 1.04 bits per heavy atom. The number of fused-ring (bicyclic) bond motifs is 1. The predicted molar refractivity (Wildman–Crippen MR) is 102 cm³/mol. The van der Waals surface area contributed by atoms with E-state index in [2.05, 4.69) is 4.99 Å². The van der Waals surface area contributed by atoms with Crippen molar-refractivity contribution in [2.75, 3.05) is 0 Å². The number of carbonyl (C=O) groups excluding carboxylic acids is 1. The topological polar surface area (TPSA) is 81.8 Å². The molecule has 0 bridgehead atoms. The highest BCUT2D eigenvalue weighted by molar-refractivity contribution is 6.13. The summed E-state index contributed by atoms with van der Waals surface area (Å²) in [6, 6.07) is 18.3. The number of carbonyl (C=O) groups is 1. The Hall–Kier alpha value is -3.80. The van der Waals surface area contributed by atoms with Crippen molar-refractivity contribution in [2.24, 2.45) is 4.99 Å². The molecule has 0 radical (unpaired) electrons. The number of aryl methyl sites for hydroxylation is 1. The molecule has 1 aliphatic rings. The quantitative estimate of drug-likeness (QED) is 0.301. The molecule has 6 heteroatoms. The van der Waals surface area contributed by atoms with E-state index in [1.165, 1.54) is 6.07 Å². The van der Waals surface area contributed by atoms with E-state index in [0.717, 1.165) is 16.3 Å². The zero-order valence-electron chi connectivity index (χ0n) is 14.4. The lowest BCUT2D eigenvalue weighted by Gasteiger charge is -2.01. The first-order valence-corrected chi connectivity index (χ1v) is 8.28. The van der Waals surface area contributed by atoms with E-state index in [0.29, 0.717) is 11.1 Å². The number of ether oxygens (including phenoxy) is 1. The molecule has 0 atom stereocenters. The average Bonchev–Trinajstić information content (AvgIpc) is 3.02. The van der Waals surface area contributed by atoms with E-state index in [9.17, 15) is 14.9 Å². The van der Waals surface area contributed by atoms with Crippen LogP contribution in [-0.2, 0) is 9.53 Å². The van der Waals surface area contributed by atoms with Crippen LogP contribution < -0.4 is 0 Å². The van der Waals surface area contributed by atoms with Crippen LogP contribution in [0.4, 0.5) is 5.69 Å². The molecule has 0 saturated heterocycles. The van der Waals surface area contributed by atoms with Crippen LogP contribution in [0.2, 0.25) is 0 Å². The van der Waals surface area contributed by atoms with E-state index in [-0.39, 0.29) is 17.3 Å². The number of esters is 1. The minimum absolute atomic E-state index is 0.0433. The third-order valence-corrected chi connectivity index (χ3v) is 4.35. The van der Waals surface area contributed by atoms with Gasteiger partial charge in [0.15, 0.2) is 5.70 Å². The predicted octanol–water partition coefficient (Wildman–Crippen LogP) is 4.40. The molecule has 0 aromatic heterocycles. The van der Waals surface area contributed by atoms with E-state index in [1.54, 1.807) is 25.1 Å². The largest absolute Gasteiger partial charge is 0.402 e. The molecule has 6 nitrogen and oxygen atoms in total. The minimum atomic E-state index is -0.582. The van der Waals surface area contributed by atoms with Gasteiger partial charge in [-0.3, -0.25) is 10.1 Å². The number of cyclic esters (lactones) is 1. The fourth-order valence-corrected chi connectivity index (χ4v) is 2.93. The van der Waals surface area contributed by atoms with Gasteiger partial charge in [-0.05, 0) is 41.5 Å². The Kier molecular flexibility index (Phi) is 4.01. The van der Waals surface area contributed by atoms with E-state index < -0.39 is 10.9 Å². The number of nitrogens with zero attached hydrogens (tertiary/aromatic N) is 2. The lowest BCUT2D eigenvalue weighted by molar-refractivity contribution is -0.385. The lowest BCUT2D eigenvalue weighted by Crippen LogP contribution is -2.06. The van der Waals surface area contributed by atoms with Gasteiger partial charge >= 0.3 is 5.97 Å². The van der Waals surface area contributed by atoms with Gasteiger partial charge in [-0.25, -0.2) is 9.79 Å². The van der Waals surface area contributed by atoms with Crippen LogP contribution in [0.1, 0.15) is 16.7 Å². The molecule has 0 N–H and O–H groups in total. The number of aliphatic imine (C=N–C) groups is 1. The van der Waals surface area contributed by atoms with Gasteiger partial charge in [0.25, 0.3) is 5.69 Å². The van der Waals surface area contributed by atoms with Crippen molar-refractivity contribution >= 4 is 34.4 Å². The summed E-state index contributed by atoms with van der Waals surface area (Å²) < 4.78 is 5.21. The molecular weight excluding hydrogens is 344 g/mol. The number of benzene rings is 3. The second-order valence-electron chi connectivity index (χ2n) is 6.20. The summed E-state index contributed by atoms with van der Waals surface area (Å²) in [7, 11) is 0. The first kappa shape index (κ1) is 16.7. The zero-order chi connectivity index (χ0) is 19.0. The van der Waals surface area contributed by atoms with Gasteiger partial charge < -0.3 is 4.74 Å². The molecule has 0 amide bonds. The Morgan fingerprint density at radius 3 is 2.59 bits per heavy atom. The maximum Gasteiger partial charge on any atom is 0.363 e. The van der Waals surface area contributed by atoms with Crippen LogP contribution in [0.3, 0.4) is 0 Å². The van der Waals surface area contributed by atoms with Crippen LogP contribution in [0.5, 0.6) is 0 Å². The van der Waals surface area contributed by atoms with Crippen molar-refractivity contribution in [3.05, 3.63) is 93.2 Å². The lowest BCUT2D eigenvalue weighted by atomic mass is 10.1. The van der Waals surface area contributed by atoms with Gasteiger partial charge in [-0.1, -0.05) is 42.5 Å². The fourth-order valence-electron chi connectivity index (χ4n) is 2.93.